The van der Waals surface area contributed by atoms with Crippen molar-refractivity contribution in [2.45, 2.75) is 30.3 Å². The van der Waals surface area contributed by atoms with Crippen molar-refractivity contribution in [1.29, 1.82) is 0 Å². The summed E-state index contributed by atoms with van der Waals surface area (Å²) >= 11 is 3.61. The molecule has 0 spiro atoms. The number of benzene rings is 2. The highest BCUT2D eigenvalue weighted by molar-refractivity contribution is 9.10. The van der Waals surface area contributed by atoms with E-state index in [2.05, 4.69) is 62.7 Å². The Labute approximate surface area is 185 Å². The van der Waals surface area contributed by atoms with Gasteiger partial charge in [0.05, 0.1) is 12.7 Å². The minimum atomic E-state index is -0.870. The number of β-amino-alcohol motifs (C(OH)–C–C–N with tert-alkyl or cyclic N) is 1. The predicted octanol–water partition coefficient (Wildman–Crippen LogP) is 4.60. The fraction of sp³-hybridized carbons (Fsp3) is 0.360. The Hall–Kier alpha value is -2.08. The summed E-state index contributed by atoms with van der Waals surface area (Å²) in [7, 11) is 1.70. The zero-order chi connectivity index (χ0) is 20.9. The minimum absolute atomic E-state index is 0.357. The molecule has 156 valence electrons. The first-order valence-electron chi connectivity index (χ1n) is 10.5. The second-order valence-electron chi connectivity index (χ2n) is 8.75. The predicted molar refractivity (Wildman–Crippen MR) is 124 cm³/mol. The fourth-order valence-corrected chi connectivity index (χ4v) is 6.02. The molecule has 0 saturated carbocycles. The quantitative estimate of drug-likeness (QED) is 0.552. The molecule has 1 aliphatic carbocycles. The van der Waals surface area contributed by atoms with Crippen molar-refractivity contribution in [3.8, 4) is 5.75 Å². The zero-order valence-electron chi connectivity index (χ0n) is 17.2. The molecule has 2 N–H and O–H groups in total. The van der Waals surface area contributed by atoms with Crippen LogP contribution in [0.5, 0.6) is 5.75 Å². The number of nitrogens with one attached hydrogen (secondary N) is 1. The molecule has 2 heterocycles. The summed E-state index contributed by atoms with van der Waals surface area (Å²) in [6.45, 7) is 6.27. The van der Waals surface area contributed by atoms with Crippen LogP contribution in [-0.4, -0.2) is 47.3 Å². The van der Waals surface area contributed by atoms with Gasteiger partial charge in [-0.15, -0.1) is 6.58 Å². The van der Waals surface area contributed by atoms with E-state index in [9.17, 15) is 5.11 Å². The van der Waals surface area contributed by atoms with Crippen LogP contribution in [0.2, 0.25) is 0 Å². The number of aromatic nitrogens is 1. The van der Waals surface area contributed by atoms with Crippen LogP contribution < -0.4 is 4.74 Å². The van der Waals surface area contributed by atoms with Crippen LogP contribution in [0.4, 0.5) is 0 Å². The molecule has 1 aliphatic heterocycles. The molecule has 4 nitrogen and oxygen atoms in total. The number of nitrogens with zero attached hydrogens (tertiary/aromatic N) is 1. The van der Waals surface area contributed by atoms with Gasteiger partial charge < -0.3 is 14.8 Å². The Morgan fingerprint density at radius 2 is 2.13 bits per heavy atom. The van der Waals surface area contributed by atoms with Crippen LogP contribution in [0.15, 0.2) is 59.6 Å². The largest absolute Gasteiger partial charge is 0.497 e. The van der Waals surface area contributed by atoms with E-state index in [4.69, 9.17) is 4.74 Å². The van der Waals surface area contributed by atoms with Gasteiger partial charge in [0.25, 0.3) is 0 Å². The van der Waals surface area contributed by atoms with E-state index in [0.717, 1.165) is 47.2 Å². The monoisotopic (exact) mass is 466 g/mol. The van der Waals surface area contributed by atoms with Gasteiger partial charge in [-0.05, 0) is 54.4 Å². The summed E-state index contributed by atoms with van der Waals surface area (Å²) < 4.78 is 6.59. The molecule has 2 aliphatic rings. The molecule has 5 rings (SSSR count). The maximum Gasteiger partial charge on any atom is 0.119 e. The maximum absolute atomic E-state index is 12.3. The zero-order valence-corrected chi connectivity index (χ0v) is 18.8. The second-order valence-corrected chi connectivity index (χ2v) is 9.66. The van der Waals surface area contributed by atoms with E-state index in [1.165, 1.54) is 16.6 Å². The van der Waals surface area contributed by atoms with Crippen LogP contribution in [0.3, 0.4) is 0 Å². The van der Waals surface area contributed by atoms with Crippen molar-refractivity contribution < 1.29 is 9.84 Å². The lowest BCUT2D eigenvalue weighted by Gasteiger charge is -2.56. The standard InChI is InChI=1S/C25H27BrN2O2/c1-3-10-28-11-9-24(17-5-4-6-19(12-17)30-2)15-23-21(14-25(24,29)16-28)20-13-18(26)7-8-22(20)27-23/h3-8,12-13,27,29H,1,9-11,14-16H2,2H3. The molecule has 1 fully saturated rings. The van der Waals surface area contributed by atoms with Crippen LogP contribution in [-0.2, 0) is 18.3 Å². The molecule has 2 atom stereocenters. The molecule has 0 amide bonds. The van der Waals surface area contributed by atoms with Gasteiger partial charge >= 0.3 is 0 Å². The molecule has 0 bridgehead atoms. The minimum Gasteiger partial charge on any atom is -0.497 e. The number of piperidine rings is 1. The van der Waals surface area contributed by atoms with Gasteiger partial charge in [0.2, 0.25) is 0 Å². The van der Waals surface area contributed by atoms with Gasteiger partial charge in [0, 0.05) is 52.4 Å². The number of fused-ring (bicyclic) bond motifs is 4. The van der Waals surface area contributed by atoms with Crippen LogP contribution in [0, 0.1) is 0 Å². The van der Waals surface area contributed by atoms with Gasteiger partial charge in [-0.1, -0.05) is 34.1 Å². The number of halogens is 1. The molecule has 0 radical (unpaired) electrons. The SMILES string of the molecule is C=CCN1CCC2(c3cccc(OC)c3)Cc3[nH]c4ccc(Br)cc4c3CC2(O)C1. The van der Waals surface area contributed by atoms with E-state index in [1.54, 1.807) is 7.11 Å². The average Bonchev–Trinajstić information content (AvgIpc) is 3.07. The fourth-order valence-electron chi connectivity index (χ4n) is 5.66. The normalized spacial score (nSPS) is 26.2. The highest BCUT2D eigenvalue weighted by atomic mass is 79.9. The number of H-pyrrole nitrogens is 1. The number of likely N-dealkylation sites (tertiary alicyclic amines) is 1. The molecule has 3 aromatic rings. The highest BCUT2D eigenvalue weighted by Gasteiger charge is 2.57. The van der Waals surface area contributed by atoms with Crippen molar-refractivity contribution >= 4 is 26.8 Å². The lowest BCUT2D eigenvalue weighted by atomic mass is 9.56. The summed E-state index contributed by atoms with van der Waals surface area (Å²) in [5, 5.41) is 13.5. The Morgan fingerprint density at radius 3 is 2.93 bits per heavy atom. The molecule has 2 unspecified atom stereocenters. The third kappa shape index (κ3) is 2.95. The van der Waals surface area contributed by atoms with Crippen LogP contribution in [0.1, 0.15) is 23.2 Å². The maximum atomic E-state index is 12.3. The molecular formula is C25H27BrN2O2. The molecule has 1 saturated heterocycles. The van der Waals surface area contributed by atoms with Crippen molar-refractivity contribution in [3.05, 3.63) is 76.4 Å². The summed E-state index contributed by atoms with van der Waals surface area (Å²) in [6.07, 6.45) is 4.24. The van der Waals surface area contributed by atoms with Crippen molar-refractivity contribution in [3.63, 3.8) is 0 Å². The van der Waals surface area contributed by atoms with Gasteiger partial charge in [-0.2, -0.15) is 0 Å². The van der Waals surface area contributed by atoms with Gasteiger partial charge in [-0.25, -0.2) is 0 Å². The van der Waals surface area contributed by atoms with E-state index >= 15 is 0 Å². The Bertz CT molecular complexity index is 1120. The Kier molecular flexibility index (Phi) is 4.80. The Morgan fingerprint density at radius 1 is 1.27 bits per heavy atom. The Balaban J connectivity index is 1.69. The first-order chi connectivity index (χ1) is 14.5. The van der Waals surface area contributed by atoms with Crippen molar-refractivity contribution in [2.75, 3.05) is 26.7 Å². The van der Waals surface area contributed by atoms with E-state index in [1.807, 2.05) is 18.2 Å². The van der Waals surface area contributed by atoms with Crippen LogP contribution >= 0.6 is 15.9 Å². The summed E-state index contributed by atoms with van der Waals surface area (Å²) in [6, 6.07) is 14.6. The molecule has 5 heteroatoms. The summed E-state index contributed by atoms with van der Waals surface area (Å²) in [4.78, 5) is 5.98. The highest BCUT2D eigenvalue weighted by Crippen LogP contribution is 2.52. The average molecular weight is 467 g/mol. The van der Waals surface area contributed by atoms with Crippen molar-refractivity contribution in [2.24, 2.45) is 0 Å². The molecule has 2 aromatic carbocycles. The lowest BCUT2D eigenvalue weighted by molar-refractivity contribution is -0.100. The van der Waals surface area contributed by atoms with E-state index in [0.29, 0.717) is 13.0 Å². The second kappa shape index (κ2) is 7.26. The topological polar surface area (TPSA) is 48.5 Å². The number of methoxy groups -OCH3 is 1. The van der Waals surface area contributed by atoms with Crippen LogP contribution in [0.25, 0.3) is 10.9 Å². The molecular weight excluding hydrogens is 440 g/mol. The number of hydrogen-bond acceptors (Lipinski definition) is 3. The lowest BCUT2D eigenvalue weighted by Crippen LogP contribution is -2.66. The third-order valence-electron chi connectivity index (χ3n) is 7.14. The summed E-state index contributed by atoms with van der Waals surface area (Å²) in [5.74, 6) is 0.837. The first-order valence-corrected chi connectivity index (χ1v) is 11.3. The number of ether oxygens (including phenoxy) is 1. The van der Waals surface area contributed by atoms with Gasteiger partial charge in [0.1, 0.15) is 5.75 Å². The third-order valence-corrected chi connectivity index (χ3v) is 7.64. The smallest absolute Gasteiger partial charge is 0.119 e. The van der Waals surface area contributed by atoms with Gasteiger partial charge in [0.15, 0.2) is 0 Å². The van der Waals surface area contributed by atoms with Gasteiger partial charge in [-0.3, -0.25) is 4.90 Å². The molecule has 1 aromatic heterocycles. The molecule has 30 heavy (non-hydrogen) atoms. The number of aliphatic hydroxyl groups is 1. The van der Waals surface area contributed by atoms with E-state index in [-0.39, 0.29) is 5.41 Å². The number of rotatable bonds is 4. The van der Waals surface area contributed by atoms with Crippen molar-refractivity contribution in [1.82, 2.24) is 9.88 Å². The number of aromatic amines is 1. The summed E-state index contributed by atoms with van der Waals surface area (Å²) in [5.41, 5.74) is 3.55. The first kappa shape index (κ1) is 19.9. The number of hydrogen-bond donors (Lipinski definition) is 2. The van der Waals surface area contributed by atoms with E-state index < -0.39 is 5.60 Å².